The van der Waals surface area contributed by atoms with E-state index in [1.54, 1.807) is 0 Å². The maximum Gasteiger partial charge on any atom is 0.259 e. The summed E-state index contributed by atoms with van der Waals surface area (Å²) in [6.45, 7) is 6.55. The highest BCUT2D eigenvalue weighted by molar-refractivity contribution is 5.96. The number of likely N-dealkylation sites (N-methyl/N-ethyl adjacent to an activating group) is 1. The Balaban J connectivity index is 1.65. The van der Waals surface area contributed by atoms with E-state index in [2.05, 4.69) is 30.6 Å². The van der Waals surface area contributed by atoms with E-state index < -0.39 is 0 Å². The van der Waals surface area contributed by atoms with Crippen molar-refractivity contribution in [2.45, 2.75) is 32.6 Å². The van der Waals surface area contributed by atoms with Crippen LogP contribution in [0.2, 0.25) is 0 Å². The van der Waals surface area contributed by atoms with E-state index in [4.69, 9.17) is 0 Å². The minimum absolute atomic E-state index is 0.0495. The van der Waals surface area contributed by atoms with Crippen molar-refractivity contribution in [2.24, 2.45) is 0 Å². The fraction of sp³-hybridized carbons (Fsp3) is 0.667. The molecule has 0 atom stereocenters. The Hall–Kier alpha value is -2.29. The first kappa shape index (κ1) is 16.6. The molecule has 0 saturated carbocycles. The number of likely N-dealkylation sites (tertiary alicyclic amines) is 1. The second-order valence-corrected chi connectivity index (χ2v) is 6.03. The van der Waals surface area contributed by atoms with Crippen molar-refractivity contribution in [3.8, 4) is 5.82 Å². The van der Waals surface area contributed by atoms with Gasteiger partial charge in [0.25, 0.3) is 5.91 Å². The maximum absolute atomic E-state index is 12.9. The van der Waals surface area contributed by atoms with Crippen molar-refractivity contribution in [3.63, 3.8) is 0 Å². The fourth-order valence-electron chi connectivity index (χ4n) is 3.07. The van der Waals surface area contributed by atoms with E-state index in [9.17, 15) is 4.79 Å². The van der Waals surface area contributed by atoms with E-state index in [0.29, 0.717) is 17.9 Å². The molecule has 3 rings (SSSR count). The average Bonchev–Trinajstić information content (AvgIpc) is 3.22. The Bertz CT molecular complexity index is 630. The van der Waals surface area contributed by atoms with Gasteiger partial charge in [0.2, 0.25) is 0 Å². The third-order valence-electron chi connectivity index (χ3n) is 4.48. The molecule has 0 radical (unpaired) electrons. The molecule has 9 nitrogen and oxygen atoms in total. The molecule has 1 aliphatic rings. The van der Waals surface area contributed by atoms with Gasteiger partial charge in [-0.1, -0.05) is 12.8 Å². The molecule has 0 spiro atoms. The van der Waals surface area contributed by atoms with E-state index in [1.165, 1.54) is 42.9 Å². The molecule has 3 heterocycles. The van der Waals surface area contributed by atoms with Crippen LogP contribution in [0.4, 0.5) is 0 Å². The third-order valence-corrected chi connectivity index (χ3v) is 4.48. The molecule has 2 aromatic heterocycles. The van der Waals surface area contributed by atoms with Crippen LogP contribution in [0, 0.1) is 0 Å². The van der Waals surface area contributed by atoms with Crippen LogP contribution in [0.1, 0.15) is 43.0 Å². The number of hydrogen-bond donors (Lipinski definition) is 1. The smallest absolute Gasteiger partial charge is 0.259 e. The summed E-state index contributed by atoms with van der Waals surface area (Å²) in [5, 5.41) is 17.8. The fourth-order valence-corrected chi connectivity index (χ4v) is 3.07. The van der Waals surface area contributed by atoms with Crippen LogP contribution >= 0.6 is 0 Å². The number of carbonyl (C=O) groups excluding carboxylic acids is 1. The minimum Gasteiger partial charge on any atom is -0.337 e. The van der Waals surface area contributed by atoms with Gasteiger partial charge in [-0.05, 0) is 43.3 Å². The first-order valence-corrected chi connectivity index (χ1v) is 8.58. The molecular weight excluding hydrogens is 308 g/mol. The first-order chi connectivity index (χ1) is 11.8. The molecule has 1 aliphatic heterocycles. The number of aromatic nitrogens is 6. The summed E-state index contributed by atoms with van der Waals surface area (Å²) in [5.41, 5.74) is 0.486. The van der Waals surface area contributed by atoms with E-state index in [1.807, 2.05) is 11.8 Å². The number of carbonyl (C=O) groups is 1. The molecule has 1 amide bonds. The highest BCUT2D eigenvalue weighted by Gasteiger charge is 2.22. The summed E-state index contributed by atoms with van der Waals surface area (Å²) < 4.78 is 1.42. The number of aromatic amines is 1. The van der Waals surface area contributed by atoms with Gasteiger partial charge in [-0.3, -0.25) is 9.89 Å². The molecule has 130 valence electrons. The van der Waals surface area contributed by atoms with Gasteiger partial charge in [0.1, 0.15) is 11.9 Å². The Morgan fingerprint density at radius 3 is 2.75 bits per heavy atom. The molecule has 1 fully saturated rings. The van der Waals surface area contributed by atoms with Gasteiger partial charge in [0, 0.05) is 19.6 Å². The van der Waals surface area contributed by atoms with Crippen LogP contribution in [0.25, 0.3) is 5.82 Å². The summed E-state index contributed by atoms with van der Waals surface area (Å²) in [7, 11) is 0. The Labute approximate surface area is 141 Å². The highest BCUT2D eigenvalue weighted by atomic mass is 16.2. The van der Waals surface area contributed by atoms with E-state index in [-0.39, 0.29) is 5.91 Å². The van der Waals surface area contributed by atoms with Gasteiger partial charge < -0.3 is 9.80 Å². The number of amides is 1. The summed E-state index contributed by atoms with van der Waals surface area (Å²) in [6, 6.07) is 0. The zero-order chi connectivity index (χ0) is 16.8. The molecule has 0 unspecified atom stereocenters. The Morgan fingerprint density at radius 1 is 1.29 bits per heavy atom. The number of tetrazole rings is 1. The third kappa shape index (κ3) is 3.78. The van der Waals surface area contributed by atoms with Crippen LogP contribution in [-0.4, -0.2) is 78.8 Å². The van der Waals surface area contributed by atoms with Crippen LogP contribution < -0.4 is 0 Å². The maximum atomic E-state index is 12.9. The Morgan fingerprint density at radius 2 is 2.08 bits per heavy atom. The molecule has 2 aromatic rings. The van der Waals surface area contributed by atoms with Crippen molar-refractivity contribution < 1.29 is 4.79 Å². The van der Waals surface area contributed by atoms with Crippen molar-refractivity contribution in [3.05, 3.63) is 18.1 Å². The second kappa shape index (κ2) is 8.00. The topological polar surface area (TPSA) is 95.8 Å². The van der Waals surface area contributed by atoms with Gasteiger partial charge in [0.05, 0.1) is 6.20 Å². The van der Waals surface area contributed by atoms with Crippen molar-refractivity contribution in [1.29, 1.82) is 0 Å². The largest absolute Gasteiger partial charge is 0.337 e. The number of nitrogens with zero attached hydrogens (tertiary/aromatic N) is 7. The predicted octanol–water partition coefficient (Wildman–Crippen LogP) is 0.723. The van der Waals surface area contributed by atoms with Gasteiger partial charge in [-0.15, -0.1) is 5.10 Å². The predicted molar refractivity (Wildman–Crippen MR) is 87.8 cm³/mol. The number of rotatable bonds is 6. The Kier molecular flexibility index (Phi) is 5.52. The van der Waals surface area contributed by atoms with Crippen molar-refractivity contribution >= 4 is 5.91 Å². The molecular formula is C15H24N8O. The number of H-pyrrole nitrogens is 1. The van der Waals surface area contributed by atoms with Crippen LogP contribution in [-0.2, 0) is 0 Å². The van der Waals surface area contributed by atoms with Gasteiger partial charge >= 0.3 is 0 Å². The molecule has 0 bridgehead atoms. The van der Waals surface area contributed by atoms with Crippen LogP contribution in [0.3, 0.4) is 0 Å². The van der Waals surface area contributed by atoms with Gasteiger partial charge in [-0.25, -0.2) is 0 Å². The zero-order valence-corrected chi connectivity index (χ0v) is 14.1. The number of hydrogen-bond acceptors (Lipinski definition) is 6. The molecule has 0 aliphatic carbocycles. The minimum atomic E-state index is -0.0495. The first-order valence-electron chi connectivity index (χ1n) is 8.58. The lowest BCUT2D eigenvalue weighted by atomic mass is 10.2. The summed E-state index contributed by atoms with van der Waals surface area (Å²) in [5.74, 6) is 0.449. The lowest BCUT2D eigenvalue weighted by Gasteiger charge is -2.26. The summed E-state index contributed by atoms with van der Waals surface area (Å²) in [4.78, 5) is 17.2. The summed E-state index contributed by atoms with van der Waals surface area (Å²) in [6.07, 6.45) is 8.12. The zero-order valence-electron chi connectivity index (χ0n) is 14.1. The summed E-state index contributed by atoms with van der Waals surface area (Å²) >= 11 is 0. The van der Waals surface area contributed by atoms with Crippen molar-refractivity contribution in [2.75, 3.05) is 32.7 Å². The molecule has 0 aromatic carbocycles. The van der Waals surface area contributed by atoms with E-state index >= 15 is 0 Å². The quantitative estimate of drug-likeness (QED) is 0.837. The van der Waals surface area contributed by atoms with Gasteiger partial charge in [-0.2, -0.15) is 9.78 Å². The lowest BCUT2D eigenvalue weighted by Crippen LogP contribution is -2.39. The molecule has 9 heteroatoms. The molecule has 1 N–H and O–H groups in total. The highest BCUT2D eigenvalue weighted by Crippen LogP contribution is 2.13. The second-order valence-electron chi connectivity index (χ2n) is 6.03. The average molecular weight is 332 g/mol. The van der Waals surface area contributed by atoms with Crippen LogP contribution in [0.15, 0.2) is 12.5 Å². The van der Waals surface area contributed by atoms with Crippen LogP contribution in [0.5, 0.6) is 0 Å². The molecule has 24 heavy (non-hydrogen) atoms. The standard InChI is InChI=1S/C15H24N8O/c1-2-22(10-9-21-7-5-3-4-6-8-21)15(24)13-11-16-18-14(13)23-12-17-19-20-23/h11-12H,2-10H2,1H3,(H,16,18). The monoisotopic (exact) mass is 332 g/mol. The lowest BCUT2D eigenvalue weighted by molar-refractivity contribution is 0.0745. The van der Waals surface area contributed by atoms with Gasteiger partial charge in [0.15, 0.2) is 5.82 Å². The SMILES string of the molecule is CCN(CCN1CCCCCC1)C(=O)c1cn[nH]c1-n1cnnn1. The molecule has 1 saturated heterocycles. The number of nitrogens with one attached hydrogen (secondary N) is 1. The van der Waals surface area contributed by atoms with E-state index in [0.717, 1.165) is 26.2 Å². The van der Waals surface area contributed by atoms with Crippen molar-refractivity contribution in [1.82, 2.24) is 40.2 Å². The normalized spacial score (nSPS) is 16.0.